The summed E-state index contributed by atoms with van der Waals surface area (Å²) in [6.07, 6.45) is 9.88. The number of hydrogen-bond acceptors (Lipinski definition) is 5. The standard InChI is InChI=1S/C22H42O6/c1-4-5-6-7-8-9-10-11-12-13-14-22(15-16-23,17-19(24)20(25)26)21(27)28-18(2)3/h18-19,23-24H,4-17H2,1-3H3,(H,25,26). The Hall–Kier alpha value is -1.14. The Bertz CT molecular complexity index is 423. The Morgan fingerprint density at radius 1 is 0.893 bits per heavy atom. The van der Waals surface area contributed by atoms with E-state index in [2.05, 4.69) is 6.92 Å². The van der Waals surface area contributed by atoms with E-state index < -0.39 is 23.5 Å². The lowest BCUT2D eigenvalue weighted by Crippen LogP contribution is -2.40. The molecule has 0 rings (SSSR count). The molecule has 6 nitrogen and oxygen atoms in total. The average Bonchev–Trinajstić information content (AvgIpc) is 2.62. The Balaban J connectivity index is 4.58. The van der Waals surface area contributed by atoms with Gasteiger partial charge in [-0.1, -0.05) is 71.1 Å². The van der Waals surface area contributed by atoms with E-state index in [0.717, 1.165) is 25.7 Å². The van der Waals surface area contributed by atoms with E-state index in [4.69, 9.17) is 9.84 Å². The number of carbonyl (C=O) groups excluding carboxylic acids is 1. The largest absolute Gasteiger partial charge is 0.479 e. The molecule has 0 aromatic rings. The van der Waals surface area contributed by atoms with E-state index in [1.807, 2.05) is 0 Å². The molecule has 0 aliphatic rings. The number of ether oxygens (including phenoxy) is 1. The lowest BCUT2D eigenvalue weighted by atomic mass is 9.75. The summed E-state index contributed by atoms with van der Waals surface area (Å²) < 4.78 is 5.34. The summed E-state index contributed by atoms with van der Waals surface area (Å²) >= 11 is 0. The van der Waals surface area contributed by atoms with Crippen LogP contribution >= 0.6 is 0 Å². The van der Waals surface area contributed by atoms with Crippen LogP contribution in [0.25, 0.3) is 0 Å². The molecule has 0 heterocycles. The van der Waals surface area contributed by atoms with Crippen LogP contribution in [0.4, 0.5) is 0 Å². The Kier molecular flexibility index (Phi) is 15.1. The second-order valence-corrected chi connectivity index (χ2v) is 8.20. The summed E-state index contributed by atoms with van der Waals surface area (Å²) in [6, 6.07) is 0. The molecule has 0 aromatic heterocycles. The quantitative estimate of drug-likeness (QED) is 0.231. The number of aliphatic hydroxyl groups excluding tert-OH is 2. The molecule has 0 amide bonds. The van der Waals surface area contributed by atoms with E-state index >= 15 is 0 Å². The van der Waals surface area contributed by atoms with Gasteiger partial charge in [0.1, 0.15) is 0 Å². The van der Waals surface area contributed by atoms with Crippen LogP contribution in [0.15, 0.2) is 0 Å². The number of carboxylic acids is 1. The van der Waals surface area contributed by atoms with Crippen LogP contribution in [0.3, 0.4) is 0 Å². The third kappa shape index (κ3) is 11.6. The molecule has 6 heteroatoms. The minimum atomic E-state index is -1.64. The minimum Gasteiger partial charge on any atom is -0.479 e. The van der Waals surface area contributed by atoms with Crippen molar-refractivity contribution in [2.75, 3.05) is 6.61 Å². The van der Waals surface area contributed by atoms with Gasteiger partial charge in [-0.05, 0) is 26.7 Å². The van der Waals surface area contributed by atoms with Gasteiger partial charge in [0.15, 0.2) is 6.10 Å². The fourth-order valence-electron chi connectivity index (χ4n) is 3.58. The zero-order valence-corrected chi connectivity index (χ0v) is 18.1. The maximum Gasteiger partial charge on any atom is 0.332 e. The van der Waals surface area contributed by atoms with Gasteiger partial charge in [-0.25, -0.2) is 4.79 Å². The highest BCUT2D eigenvalue weighted by atomic mass is 16.5. The first-order valence-corrected chi connectivity index (χ1v) is 11.0. The fraction of sp³-hybridized carbons (Fsp3) is 0.909. The third-order valence-corrected chi connectivity index (χ3v) is 5.24. The van der Waals surface area contributed by atoms with E-state index in [1.165, 1.54) is 38.5 Å². The highest BCUT2D eigenvalue weighted by Gasteiger charge is 2.42. The van der Waals surface area contributed by atoms with Crippen LogP contribution in [0.1, 0.15) is 104 Å². The number of aliphatic hydroxyl groups is 2. The highest BCUT2D eigenvalue weighted by molar-refractivity contribution is 5.79. The molecule has 0 aliphatic heterocycles. The predicted molar refractivity (Wildman–Crippen MR) is 110 cm³/mol. The molecule has 0 spiro atoms. The average molecular weight is 403 g/mol. The number of aliphatic carboxylic acids is 1. The molecule has 0 bridgehead atoms. The smallest absolute Gasteiger partial charge is 0.332 e. The van der Waals surface area contributed by atoms with Gasteiger partial charge in [0.2, 0.25) is 0 Å². The van der Waals surface area contributed by atoms with Crippen molar-refractivity contribution < 1.29 is 29.6 Å². The lowest BCUT2D eigenvalue weighted by molar-refractivity contribution is -0.166. The van der Waals surface area contributed by atoms with Crippen molar-refractivity contribution in [3.63, 3.8) is 0 Å². The Morgan fingerprint density at radius 2 is 1.39 bits per heavy atom. The molecule has 0 aromatic carbocycles. The van der Waals surface area contributed by atoms with Gasteiger partial charge in [-0.2, -0.15) is 0 Å². The first kappa shape index (κ1) is 26.9. The maximum atomic E-state index is 12.7. The van der Waals surface area contributed by atoms with Gasteiger partial charge in [-0.15, -0.1) is 0 Å². The zero-order valence-electron chi connectivity index (χ0n) is 18.1. The van der Waals surface area contributed by atoms with Crippen LogP contribution in [0.2, 0.25) is 0 Å². The molecular weight excluding hydrogens is 360 g/mol. The van der Waals surface area contributed by atoms with Crippen LogP contribution in [0, 0.1) is 5.41 Å². The molecule has 3 N–H and O–H groups in total. The predicted octanol–water partition coefficient (Wildman–Crippen LogP) is 4.45. The summed E-state index contributed by atoms with van der Waals surface area (Å²) in [5, 5.41) is 28.4. The Labute approximate surface area is 170 Å². The fourth-order valence-corrected chi connectivity index (χ4v) is 3.58. The molecule has 0 saturated heterocycles. The topological polar surface area (TPSA) is 104 Å². The second kappa shape index (κ2) is 15.7. The van der Waals surface area contributed by atoms with E-state index in [1.54, 1.807) is 13.8 Å². The first-order valence-electron chi connectivity index (χ1n) is 11.0. The zero-order chi connectivity index (χ0) is 21.4. The van der Waals surface area contributed by atoms with Crippen molar-refractivity contribution in [1.29, 1.82) is 0 Å². The number of carboxylic acid groups (broad SMARTS) is 1. The van der Waals surface area contributed by atoms with Gasteiger partial charge >= 0.3 is 11.9 Å². The molecule has 2 atom stereocenters. The number of unbranched alkanes of at least 4 members (excludes halogenated alkanes) is 9. The Morgan fingerprint density at radius 3 is 1.82 bits per heavy atom. The van der Waals surface area contributed by atoms with Crippen LogP contribution in [-0.2, 0) is 14.3 Å². The number of hydrogen-bond donors (Lipinski definition) is 3. The highest BCUT2D eigenvalue weighted by Crippen LogP contribution is 2.36. The van der Waals surface area contributed by atoms with Crippen LogP contribution in [0.5, 0.6) is 0 Å². The van der Waals surface area contributed by atoms with Gasteiger partial charge in [-0.3, -0.25) is 4.79 Å². The van der Waals surface area contributed by atoms with Gasteiger partial charge in [0.25, 0.3) is 0 Å². The normalized spacial score (nSPS) is 14.6. The van der Waals surface area contributed by atoms with Crippen molar-refractivity contribution in [3.05, 3.63) is 0 Å². The third-order valence-electron chi connectivity index (χ3n) is 5.24. The van der Waals surface area contributed by atoms with E-state index in [-0.39, 0.29) is 25.6 Å². The van der Waals surface area contributed by atoms with E-state index in [9.17, 15) is 19.8 Å². The molecule has 0 aliphatic carbocycles. The summed E-state index contributed by atoms with van der Waals surface area (Å²) in [5.74, 6) is -1.88. The summed E-state index contributed by atoms with van der Waals surface area (Å²) in [4.78, 5) is 23.8. The maximum absolute atomic E-state index is 12.7. The second-order valence-electron chi connectivity index (χ2n) is 8.20. The van der Waals surface area contributed by atoms with Crippen molar-refractivity contribution >= 4 is 11.9 Å². The number of esters is 1. The summed E-state index contributed by atoms with van der Waals surface area (Å²) in [6.45, 7) is 5.42. The van der Waals surface area contributed by atoms with Crippen molar-refractivity contribution in [2.24, 2.45) is 5.41 Å². The molecule has 0 fully saturated rings. The molecule has 0 radical (unpaired) electrons. The van der Waals surface area contributed by atoms with Crippen LogP contribution in [-0.4, -0.2) is 46.1 Å². The lowest BCUT2D eigenvalue weighted by Gasteiger charge is -2.33. The number of carbonyl (C=O) groups is 2. The van der Waals surface area contributed by atoms with Crippen molar-refractivity contribution in [3.8, 4) is 0 Å². The SMILES string of the molecule is CCCCCCCCCCCCC(CCO)(CC(O)C(=O)O)C(=O)OC(C)C. The monoisotopic (exact) mass is 402 g/mol. The molecule has 0 saturated carbocycles. The summed E-state index contributed by atoms with van der Waals surface area (Å²) in [7, 11) is 0. The van der Waals surface area contributed by atoms with E-state index in [0.29, 0.717) is 6.42 Å². The molecular formula is C22H42O6. The molecule has 2 unspecified atom stereocenters. The van der Waals surface area contributed by atoms with Gasteiger partial charge in [0.05, 0.1) is 11.5 Å². The minimum absolute atomic E-state index is 0.0975. The number of rotatable bonds is 18. The van der Waals surface area contributed by atoms with Gasteiger partial charge in [0, 0.05) is 13.0 Å². The van der Waals surface area contributed by atoms with Crippen molar-refractivity contribution in [1.82, 2.24) is 0 Å². The molecule has 166 valence electrons. The molecule has 28 heavy (non-hydrogen) atoms. The summed E-state index contributed by atoms with van der Waals surface area (Å²) in [5.41, 5.74) is -1.16. The van der Waals surface area contributed by atoms with Crippen LogP contribution < -0.4 is 0 Å². The van der Waals surface area contributed by atoms with Crippen molar-refractivity contribution in [2.45, 2.75) is 116 Å². The first-order chi connectivity index (χ1) is 13.3. The van der Waals surface area contributed by atoms with Gasteiger partial charge < -0.3 is 20.1 Å².